The molecule has 0 aliphatic rings. The SMILES string of the molecule is CCn1ccn1Cc1cccnc1. The highest BCUT2D eigenvalue weighted by Gasteiger charge is 1.98. The second kappa shape index (κ2) is 3.47. The maximum atomic E-state index is 4.08. The molecule has 3 heteroatoms. The van der Waals surface area contributed by atoms with Crippen LogP contribution in [-0.2, 0) is 13.1 Å². The molecule has 0 saturated heterocycles. The Balaban J connectivity index is 2.09. The maximum absolute atomic E-state index is 4.08. The van der Waals surface area contributed by atoms with Crippen molar-refractivity contribution in [3.8, 4) is 0 Å². The van der Waals surface area contributed by atoms with Gasteiger partial charge in [0.15, 0.2) is 0 Å². The highest BCUT2D eigenvalue weighted by atomic mass is 15.4. The lowest BCUT2D eigenvalue weighted by atomic mass is 10.3. The van der Waals surface area contributed by atoms with Crippen molar-refractivity contribution in [2.45, 2.75) is 20.0 Å². The van der Waals surface area contributed by atoms with E-state index in [1.807, 2.05) is 12.3 Å². The Morgan fingerprint density at radius 1 is 1.31 bits per heavy atom. The minimum atomic E-state index is 0.915. The lowest BCUT2D eigenvalue weighted by Crippen LogP contribution is -2.19. The zero-order chi connectivity index (χ0) is 9.10. The molecule has 0 aliphatic carbocycles. The average Bonchev–Trinajstić information content (AvgIpc) is 2.15. The van der Waals surface area contributed by atoms with Gasteiger partial charge in [0.1, 0.15) is 0 Å². The molecule has 0 fully saturated rings. The molecule has 0 bridgehead atoms. The third kappa shape index (κ3) is 1.64. The summed E-state index contributed by atoms with van der Waals surface area (Å²) in [6.45, 7) is 4.08. The van der Waals surface area contributed by atoms with Crippen molar-refractivity contribution >= 4 is 0 Å². The Kier molecular flexibility index (Phi) is 2.17. The van der Waals surface area contributed by atoms with E-state index in [1.165, 1.54) is 5.56 Å². The fourth-order valence-electron chi connectivity index (χ4n) is 1.36. The summed E-state index contributed by atoms with van der Waals surface area (Å²) in [4.78, 5) is 4.08. The van der Waals surface area contributed by atoms with E-state index in [0.29, 0.717) is 0 Å². The van der Waals surface area contributed by atoms with Crippen molar-refractivity contribution < 1.29 is 0 Å². The van der Waals surface area contributed by atoms with Crippen LogP contribution in [0.5, 0.6) is 0 Å². The molecule has 2 heterocycles. The molecule has 2 aromatic rings. The fraction of sp³-hybridized carbons (Fsp3) is 0.300. The zero-order valence-corrected chi connectivity index (χ0v) is 7.72. The minimum absolute atomic E-state index is 0.915. The standard InChI is InChI=1S/C10H13N3/c1-2-12-6-7-13(12)9-10-4-3-5-11-8-10/h3-8H,2,9H2,1H3. The van der Waals surface area contributed by atoms with Crippen molar-refractivity contribution in [1.82, 2.24) is 14.3 Å². The van der Waals surface area contributed by atoms with Crippen LogP contribution in [0.1, 0.15) is 12.5 Å². The lowest BCUT2D eigenvalue weighted by molar-refractivity contribution is 0.444. The van der Waals surface area contributed by atoms with Crippen LogP contribution in [0.15, 0.2) is 36.9 Å². The van der Waals surface area contributed by atoms with Gasteiger partial charge in [0, 0.05) is 31.3 Å². The molecule has 0 aliphatic heterocycles. The van der Waals surface area contributed by atoms with Gasteiger partial charge in [-0.1, -0.05) is 6.07 Å². The van der Waals surface area contributed by atoms with E-state index >= 15 is 0 Å². The Labute approximate surface area is 77.6 Å². The second-order valence-electron chi connectivity index (χ2n) is 3.01. The van der Waals surface area contributed by atoms with E-state index in [9.17, 15) is 0 Å². The van der Waals surface area contributed by atoms with Gasteiger partial charge in [-0.3, -0.25) is 14.3 Å². The van der Waals surface area contributed by atoms with Gasteiger partial charge in [0.2, 0.25) is 0 Å². The van der Waals surface area contributed by atoms with E-state index in [-0.39, 0.29) is 0 Å². The van der Waals surface area contributed by atoms with Gasteiger partial charge < -0.3 is 0 Å². The van der Waals surface area contributed by atoms with Crippen LogP contribution in [0.2, 0.25) is 0 Å². The number of hydrogen-bond donors (Lipinski definition) is 0. The number of pyridine rings is 1. The molecule has 0 spiro atoms. The first-order valence-electron chi connectivity index (χ1n) is 4.50. The molecule has 2 aromatic heterocycles. The summed E-state index contributed by atoms with van der Waals surface area (Å²) < 4.78 is 4.35. The van der Waals surface area contributed by atoms with Crippen LogP contribution in [0, 0.1) is 0 Å². The highest BCUT2D eigenvalue weighted by Crippen LogP contribution is 2.02. The van der Waals surface area contributed by atoms with Gasteiger partial charge in [-0.2, -0.15) is 0 Å². The van der Waals surface area contributed by atoms with Crippen LogP contribution < -0.4 is 0 Å². The van der Waals surface area contributed by atoms with Crippen molar-refractivity contribution in [2.24, 2.45) is 0 Å². The molecule has 0 radical (unpaired) electrons. The van der Waals surface area contributed by atoms with Crippen LogP contribution in [0.3, 0.4) is 0 Å². The van der Waals surface area contributed by atoms with Crippen molar-refractivity contribution in [3.63, 3.8) is 0 Å². The van der Waals surface area contributed by atoms with Gasteiger partial charge >= 0.3 is 0 Å². The fourth-order valence-corrected chi connectivity index (χ4v) is 1.36. The van der Waals surface area contributed by atoms with Gasteiger partial charge in [-0.05, 0) is 18.6 Å². The molecule has 0 unspecified atom stereocenters. The number of hydrogen-bond acceptors (Lipinski definition) is 1. The monoisotopic (exact) mass is 175 g/mol. The number of nitrogens with zero attached hydrogens (tertiary/aromatic N) is 3. The van der Waals surface area contributed by atoms with Crippen molar-refractivity contribution in [2.75, 3.05) is 0 Å². The molecule has 68 valence electrons. The molecule has 0 atom stereocenters. The van der Waals surface area contributed by atoms with Crippen LogP contribution in [0.4, 0.5) is 0 Å². The van der Waals surface area contributed by atoms with Gasteiger partial charge in [0.05, 0.1) is 6.54 Å². The van der Waals surface area contributed by atoms with Gasteiger partial charge in [-0.25, -0.2) is 0 Å². The van der Waals surface area contributed by atoms with E-state index in [2.05, 4.69) is 39.7 Å². The number of aryl methyl sites for hydroxylation is 1. The molecule has 0 aromatic carbocycles. The summed E-state index contributed by atoms with van der Waals surface area (Å²) in [5.74, 6) is 0. The van der Waals surface area contributed by atoms with E-state index in [1.54, 1.807) is 6.20 Å². The average molecular weight is 175 g/mol. The molecule has 0 N–H and O–H groups in total. The molecule has 3 nitrogen and oxygen atoms in total. The Morgan fingerprint density at radius 3 is 2.69 bits per heavy atom. The summed E-state index contributed by atoms with van der Waals surface area (Å²) in [6, 6.07) is 4.06. The first-order chi connectivity index (χ1) is 6.40. The molecular formula is C10H13N3. The Hall–Kier alpha value is -1.51. The first kappa shape index (κ1) is 8.10. The Bertz CT molecular complexity index is 358. The highest BCUT2D eigenvalue weighted by molar-refractivity contribution is 5.08. The number of rotatable bonds is 3. The van der Waals surface area contributed by atoms with Crippen LogP contribution in [-0.4, -0.2) is 14.3 Å². The van der Waals surface area contributed by atoms with Gasteiger partial charge in [0.25, 0.3) is 0 Å². The topological polar surface area (TPSA) is 22.8 Å². The molecule has 2 rings (SSSR count). The normalized spacial score (nSPS) is 10.5. The molecule has 13 heavy (non-hydrogen) atoms. The van der Waals surface area contributed by atoms with Crippen LogP contribution >= 0.6 is 0 Å². The van der Waals surface area contributed by atoms with Crippen LogP contribution in [0.25, 0.3) is 0 Å². The maximum Gasteiger partial charge on any atom is 0.0655 e. The van der Waals surface area contributed by atoms with Crippen molar-refractivity contribution in [1.29, 1.82) is 0 Å². The number of aromatic nitrogens is 3. The lowest BCUT2D eigenvalue weighted by Gasteiger charge is -2.19. The van der Waals surface area contributed by atoms with E-state index in [0.717, 1.165) is 13.1 Å². The van der Waals surface area contributed by atoms with E-state index in [4.69, 9.17) is 0 Å². The summed E-state index contributed by atoms with van der Waals surface area (Å²) in [6.07, 6.45) is 7.86. The third-order valence-corrected chi connectivity index (χ3v) is 2.13. The quantitative estimate of drug-likeness (QED) is 0.697. The predicted molar refractivity (Wildman–Crippen MR) is 51.4 cm³/mol. The third-order valence-electron chi connectivity index (χ3n) is 2.13. The predicted octanol–water partition coefficient (Wildman–Crippen LogP) is 1.75. The van der Waals surface area contributed by atoms with Crippen molar-refractivity contribution in [3.05, 3.63) is 42.5 Å². The zero-order valence-electron chi connectivity index (χ0n) is 7.72. The summed E-state index contributed by atoms with van der Waals surface area (Å²) in [5.41, 5.74) is 1.24. The van der Waals surface area contributed by atoms with E-state index < -0.39 is 0 Å². The molecule has 0 saturated carbocycles. The molecular weight excluding hydrogens is 162 g/mol. The molecule has 0 amide bonds. The summed E-state index contributed by atoms with van der Waals surface area (Å²) in [5, 5.41) is 0. The summed E-state index contributed by atoms with van der Waals surface area (Å²) in [7, 11) is 0. The first-order valence-corrected chi connectivity index (χ1v) is 4.50. The smallest absolute Gasteiger partial charge is 0.0655 e. The largest absolute Gasteiger partial charge is 0.292 e. The Morgan fingerprint density at radius 2 is 2.15 bits per heavy atom. The summed E-state index contributed by atoms with van der Waals surface area (Å²) >= 11 is 0. The minimum Gasteiger partial charge on any atom is -0.292 e. The van der Waals surface area contributed by atoms with Gasteiger partial charge in [-0.15, -0.1) is 0 Å². The second-order valence-corrected chi connectivity index (χ2v) is 3.01.